The van der Waals surface area contributed by atoms with E-state index in [1.54, 1.807) is 4.90 Å². The largest absolute Gasteiger partial charge is 0.465 e. The molecule has 2 N–H and O–H groups in total. The minimum atomic E-state index is -0.403. The predicted molar refractivity (Wildman–Crippen MR) is 91.9 cm³/mol. The molecule has 2 aliphatic heterocycles. The lowest BCUT2D eigenvalue weighted by atomic mass is 9.77. The molecule has 0 aromatic rings. The van der Waals surface area contributed by atoms with Gasteiger partial charge < -0.3 is 15.4 Å². The molecule has 2 heterocycles. The van der Waals surface area contributed by atoms with E-state index in [4.69, 9.17) is 10.5 Å². The maximum atomic E-state index is 12.8. The van der Waals surface area contributed by atoms with E-state index in [0.717, 1.165) is 37.0 Å². The average molecular weight is 347 g/mol. The fourth-order valence-corrected chi connectivity index (χ4v) is 3.88. The lowest BCUT2D eigenvalue weighted by Crippen LogP contribution is -2.46. The number of allylic oxidation sites excluding steroid dienone is 1. The molecule has 25 heavy (non-hydrogen) atoms. The number of piperidine rings is 1. The van der Waals surface area contributed by atoms with Crippen molar-refractivity contribution < 1.29 is 19.1 Å². The fraction of sp³-hybridized carbons (Fsp3) is 0.667. The van der Waals surface area contributed by atoms with Crippen LogP contribution in [-0.4, -0.2) is 54.5 Å². The van der Waals surface area contributed by atoms with E-state index in [9.17, 15) is 14.4 Å². The van der Waals surface area contributed by atoms with Crippen LogP contribution in [0.4, 0.5) is 0 Å². The van der Waals surface area contributed by atoms with Crippen molar-refractivity contribution in [2.24, 2.45) is 16.1 Å². The summed E-state index contributed by atoms with van der Waals surface area (Å²) in [5.74, 6) is -0.317. The standard InChI is InChI=1S/C18H25N3O4/c1-12(22)11-20-14-4-2-3-13(14)15(19)16(23)21-8-5-18(6-9-21)7-10-25-17(18)24/h2-11,19H2,1H3/b15-13-,20-14?. The summed E-state index contributed by atoms with van der Waals surface area (Å²) in [5.41, 5.74) is 7.56. The fourth-order valence-electron chi connectivity index (χ4n) is 3.88. The van der Waals surface area contributed by atoms with Gasteiger partial charge in [0.1, 0.15) is 5.70 Å². The van der Waals surface area contributed by atoms with E-state index in [2.05, 4.69) is 4.99 Å². The lowest BCUT2D eigenvalue weighted by molar-refractivity contribution is -0.150. The Hall–Kier alpha value is -2.18. The van der Waals surface area contributed by atoms with Gasteiger partial charge in [-0.3, -0.25) is 19.4 Å². The molecule has 1 amide bonds. The van der Waals surface area contributed by atoms with Gasteiger partial charge in [-0.1, -0.05) is 0 Å². The molecule has 0 bridgehead atoms. The normalized spacial score (nSPS) is 26.2. The molecule has 136 valence electrons. The van der Waals surface area contributed by atoms with Crippen LogP contribution in [0.15, 0.2) is 16.3 Å². The highest BCUT2D eigenvalue weighted by Gasteiger charge is 2.47. The Balaban J connectivity index is 1.69. The van der Waals surface area contributed by atoms with E-state index in [1.807, 2.05) is 0 Å². The second-order valence-electron chi connectivity index (χ2n) is 7.17. The van der Waals surface area contributed by atoms with Crippen LogP contribution >= 0.6 is 0 Å². The maximum Gasteiger partial charge on any atom is 0.312 e. The van der Waals surface area contributed by atoms with Crippen LogP contribution in [0.1, 0.15) is 45.4 Å². The molecule has 0 radical (unpaired) electrons. The zero-order chi connectivity index (χ0) is 18.0. The quantitative estimate of drug-likeness (QED) is 0.605. The van der Waals surface area contributed by atoms with Gasteiger partial charge in [-0.25, -0.2) is 0 Å². The first-order valence-corrected chi connectivity index (χ1v) is 8.91. The van der Waals surface area contributed by atoms with Crippen molar-refractivity contribution in [3.8, 4) is 0 Å². The number of ketones is 1. The first kappa shape index (κ1) is 17.6. The Labute approximate surface area is 147 Å². The zero-order valence-corrected chi connectivity index (χ0v) is 14.7. The third kappa shape index (κ3) is 3.45. The molecule has 1 saturated carbocycles. The summed E-state index contributed by atoms with van der Waals surface area (Å²) >= 11 is 0. The van der Waals surface area contributed by atoms with Crippen molar-refractivity contribution in [1.29, 1.82) is 0 Å². The Morgan fingerprint density at radius 1 is 1.24 bits per heavy atom. The number of nitrogens with two attached hydrogens (primary N) is 1. The summed E-state index contributed by atoms with van der Waals surface area (Å²) in [6, 6.07) is 0. The van der Waals surface area contributed by atoms with Crippen molar-refractivity contribution in [2.75, 3.05) is 26.2 Å². The summed E-state index contributed by atoms with van der Waals surface area (Å²) in [5, 5.41) is 0. The Kier molecular flexibility index (Phi) is 4.92. The van der Waals surface area contributed by atoms with Crippen molar-refractivity contribution in [3.05, 3.63) is 11.3 Å². The topological polar surface area (TPSA) is 102 Å². The predicted octanol–water partition coefficient (Wildman–Crippen LogP) is 0.969. The third-order valence-corrected chi connectivity index (χ3v) is 5.49. The number of likely N-dealkylation sites (tertiary alicyclic amines) is 1. The molecule has 2 saturated heterocycles. The van der Waals surface area contributed by atoms with Gasteiger partial charge in [-0.2, -0.15) is 0 Å². The Morgan fingerprint density at radius 2 is 1.96 bits per heavy atom. The summed E-state index contributed by atoms with van der Waals surface area (Å²) in [6.45, 7) is 3.14. The van der Waals surface area contributed by atoms with Crippen molar-refractivity contribution >= 4 is 23.4 Å². The molecular weight excluding hydrogens is 322 g/mol. The highest BCUT2D eigenvalue weighted by molar-refractivity contribution is 6.09. The number of aliphatic imine (C=N–C) groups is 1. The van der Waals surface area contributed by atoms with Crippen LogP contribution in [0.3, 0.4) is 0 Å². The molecule has 3 aliphatic rings. The summed E-state index contributed by atoms with van der Waals surface area (Å²) < 4.78 is 5.11. The number of rotatable bonds is 3. The second-order valence-corrected chi connectivity index (χ2v) is 7.17. The first-order chi connectivity index (χ1) is 11.9. The van der Waals surface area contributed by atoms with Crippen LogP contribution in [0, 0.1) is 5.41 Å². The van der Waals surface area contributed by atoms with E-state index in [0.29, 0.717) is 32.5 Å². The minimum absolute atomic E-state index is 0.00609. The maximum absolute atomic E-state index is 12.8. The molecule has 0 unspecified atom stereocenters. The highest BCUT2D eigenvalue weighted by atomic mass is 16.5. The third-order valence-electron chi connectivity index (χ3n) is 5.49. The molecule has 7 heteroatoms. The highest BCUT2D eigenvalue weighted by Crippen LogP contribution is 2.40. The number of hydrogen-bond acceptors (Lipinski definition) is 6. The summed E-state index contributed by atoms with van der Waals surface area (Å²) in [7, 11) is 0. The first-order valence-electron chi connectivity index (χ1n) is 8.91. The van der Waals surface area contributed by atoms with Gasteiger partial charge in [-0.05, 0) is 45.4 Å². The van der Waals surface area contributed by atoms with E-state index >= 15 is 0 Å². The number of cyclic esters (lactones) is 1. The molecule has 0 aromatic carbocycles. The number of nitrogens with zero attached hydrogens (tertiary/aromatic N) is 2. The van der Waals surface area contributed by atoms with Gasteiger partial charge >= 0.3 is 5.97 Å². The Bertz CT molecular complexity index is 657. The molecule has 3 fully saturated rings. The number of carbonyl (C=O) groups excluding carboxylic acids is 3. The minimum Gasteiger partial charge on any atom is -0.465 e. The SMILES string of the molecule is CC(=O)CN=C1CCC/C1=C(/N)C(=O)N1CCC2(CCOC2=O)CC1. The van der Waals surface area contributed by atoms with Crippen LogP contribution < -0.4 is 5.73 Å². The van der Waals surface area contributed by atoms with Crippen LogP contribution in [0.2, 0.25) is 0 Å². The van der Waals surface area contributed by atoms with Gasteiger partial charge in [0.2, 0.25) is 0 Å². The lowest BCUT2D eigenvalue weighted by Gasteiger charge is -2.36. The van der Waals surface area contributed by atoms with Gasteiger partial charge in [0.25, 0.3) is 5.91 Å². The summed E-state index contributed by atoms with van der Waals surface area (Å²) in [4.78, 5) is 41.9. The number of carbonyl (C=O) groups is 3. The van der Waals surface area contributed by atoms with Crippen molar-refractivity contribution in [2.45, 2.75) is 45.4 Å². The van der Waals surface area contributed by atoms with Crippen molar-refractivity contribution in [1.82, 2.24) is 4.90 Å². The summed E-state index contributed by atoms with van der Waals surface area (Å²) in [6.07, 6.45) is 4.38. The van der Waals surface area contributed by atoms with Crippen LogP contribution in [0.5, 0.6) is 0 Å². The molecule has 1 aliphatic carbocycles. The number of hydrogen-bond donors (Lipinski definition) is 1. The smallest absolute Gasteiger partial charge is 0.312 e. The molecule has 1 spiro atoms. The molecule has 3 rings (SSSR count). The van der Waals surface area contributed by atoms with Gasteiger partial charge in [0.15, 0.2) is 5.78 Å². The second kappa shape index (κ2) is 6.98. The van der Waals surface area contributed by atoms with Crippen molar-refractivity contribution in [3.63, 3.8) is 0 Å². The number of ether oxygens (including phenoxy) is 1. The Morgan fingerprint density at radius 3 is 2.56 bits per heavy atom. The number of amides is 1. The molecule has 0 aromatic heterocycles. The zero-order valence-electron chi connectivity index (χ0n) is 14.7. The van der Waals surface area contributed by atoms with E-state index in [-0.39, 0.29) is 29.9 Å². The van der Waals surface area contributed by atoms with Gasteiger partial charge in [0, 0.05) is 24.4 Å². The van der Waals surface area contributed by atoms with Gasteiger partial charge in [0.05, 0.1) is 18.6 Å². The average Bonchev–Trinajstić information content (AvgIpc) is 3.20. The molecule has 0 atom stereocenters. The monoisotopic (exact) mass is 347 g/mol. The van der Waals surface area contributed by atoms with Crippen LogP contribution in [0.25, 0.3) is 0 Å². The molecule has 7 nitrogen and oxygen atoms in total. The number of Topliss-reactive ketones (excluding diaryl/α,β-unsaturated/α-hetero) is 1. The van der Waals surface area contributed by atoms with E-state index in [1.165, 1.54) is 6.92 Å². The van der Waals surface area contributed by atoms with E-state index < -0.39 is 5.41 Å². The molecular formula is C18H25N3O4. The van der Waals surface area contributed by atoms with Crippen LogP contribution in [-0.2, 0) is 19.1 Å². The number of esters is 1. The van der Waals surface area contributed by atoms with Gasteiger partial charge in [-0.15, -0.1) is 0 Å².